The molecule has 92 valence electrons. The zero-order valence-electron chi connectivity index (χ0n) is 9.61. The van der Waals surface area contributed by atoms with Crippen molar-refractivity contribution in [2.45, 2.75) is 18.8 Å². The number of rotatable bonds is 1. The molecule has 17 heavy (non-hydrogen) atoms. The van der Waals surface area contributed by atoms with Gasteiger partial charge in [-0.2, -0.15) is 0 Å². The number of nitrogens with zero attached hydrogens (tertiary/aromatic N) is 2. The van der Waals surface area contributed by atoms with Crippen LogP contribution < -0.4 is 11.1 Å². The maximum Gasteiger partial charge on any atom is 0.231 e. The fourth-order valence-electron chi connectivity index (χ4n) is 2.59. The van der Waals surface area contributed by atoms with Crippen LogP contribution in [0.25, 0.3) is 0 Å². The Hall–Kier alpha value is -1.14. The smallest absolute Gasteiger partial charge is 0.231 e. The Morgan fingerprint density at radius 2 is 2.24 bits per heavy atom. The minimum atomic E-state index is -0.0448. The Balaban J connectivity index is 1.78. The van der Waals surface area contributed by atoms with E-state index in [2.05, 4.69) is 10.3 Å². The Labute approximate surface area is 104 Å². The van der Waals surface area contributed by atoms with E-state index in [4.69, 9.17) is 5.73 Å². The number of anilines is 1. The van der Waals surface area contributed by atoms with Gasteiger partial charge in [-0.15, -0.1) is 11.3 Å². The molecule has 1 atom stereocenters. The number of nitrogens with one attached hydrogen (secondary N) is 1. The Bertz CT molecular complexity index is 439. The van der Waals surface area contributed by atoms with Crippen molar-refractivity contribution in [3.05, 3.63) is 10.6 Å². The molecule has 2 aliphatic rings. The van der Waals surface area contributed by atoms with Crippen molar-refractivity contribution in [1.29, 1.82) is 0 Å². The van der Waals surface area contributed by atoms with Gasteiger partial charge in [0.15, 0.2) is 5.13 Å². The fraction of sp³-hybridized carbons (Fsp3) is 0.636. The van der Waals surface area contributed by atoms with E-state index in [1.165, 1.54) is 16.2 Å². The summed E-state index contributed by atoms with van der Waals surface area (Å²) in [6.07, 6.45) is 1.85. The van der Waals surface area contributed by atoms with Gasteiger partial charge in [-0.1, -0.05) is 0 Å². The van der Waals surface area contributed by atoms with Crippen LogP contribution in [0, 0.1) is 0 Å². The van der Waals surface area contributed by atoms with Crippen LogP contribution in [0.15, 0.2) is 0 Å². The van der Waals surface area contributed by atoms with E-state index < -0.39 is 0 Å². The predicted molar refractivity (Wildman–Crippen MR) is 67.0 cm³/mol. The van der Waals surface area contributed by atoms with E-state index in [1.54, 1.807) is 0 Å². The average Bonchev–Trinajstić information content (AvgIpc) is 2.88. The lowest BCUT2D eigenvalue weighted by molar-refractivity contribution is -0.133. The Morgan fingerprint density at radius 1 is 1.47 bits per heavy atom. The van der Waals surface area contributed by atoms with Crippen LogP contribution in [-0.4, -0.2) is 42.0 Å². The van der Waals surface area contributed by atoms with Crippen LogP contribution in [0.2, 0.25) is 0 Å². The van der Waals surface area contributed by atoms with Crippen LogP contribution >= 0.6 is 11.3 Å². The minimum absolute atomic E-state index is 0.0448. The summed E-state index contributed by atoms with van der Waals surface area (Å²) in [6, 6.07) is 0. The molecule has 0 bridgehead atoms. The zero-order chi connectivity index (χ0) is 11.8. The van der Waals surface area contributed by atoms with Crippen molar-refractivity contribution >= 4 is 22.4 Å². The molecule has 2 heterocycles. The molecule has 1 aromatic rings. The summed E-state index contributed by atoms with van der Waals surface area (Å²) in [5.41, 5.74) is 6.64. The molecule has 1 unspecified atom stereocenters. The van der Waals surface area contributed by atoms with Crippen molar-refractivity contribution in [3.63, 3.8) is 0 Å². The normalized spacial score (nSPS) is 23.8. The Morgan fingerprint density at radius 3 is 3.00 bits per heavy atom. The van der Waals surface area contributed by atoms with Crippen LogP contribution in [-0.2, 0) is 11.2 Å². The zero-order valence-corrected chi connectivity index (χ0v) is 10.4. The fourth-order valence-corrected chi connectivity index (χ4v) is 3.50. The molecule has 0 spiro atoms. The van der Waals surface area contributed by atoms with Crippen molar-refractivity contribution < 1.29 is 4.79 Å². The number of fused-ring (bicyclic) bond motifs is 1. The number of amides is 1. The SMILES string of the molecule is Nc1nc2c(s1)CCC2C(=O)N1CCNCC1. The highest BCUT2D eigenvalue weighted by molar-refractivity contribution is 7.15. The summed E-state index contributed by atoms with van der Waals surface area (Å²) < 4.78 is 0. The quantitative estimate of drug-likeness (QED) is 0.748. The van der Waals surface area contributed by atoms with E-state index in [9.17, 15) is 4.79 Å². The lowest BCUT2D eigenvalue weighted by Crippen LogP contribution is -2.47. The van der Waals surface area contributed by atoms with Crippen LogP contribution in [0.1, 0.15) is 22.9 Å². The van der Waals surface area contributed by atoms with Gasteiger partial charge in [0.05, 0.1) is 11.6 Å². The first-order valence-electron chi connectivity index (χ1n) is 6.00. The largest absolute Gasteiger partial charge is 0.375 e. The summed E-state index contributed by atoms with van der Waals surface area (Å²) >= 11 is 1.53. The van der Waals surface area contributed by atoms with Gasteiger partial charge in [-0.05, 0) is 12.8 Å². The van der Waals surface area contributed by atoms with Gasteiger partial charge in [0.2, 0.25) is 5.91 Å². The monoisotopic (exact) mass is 252 g/mol. The molecule has 0 radical (unpaired) electrons. The van der Waals surface area contributed by atoms with Gasteiger partial charge in [0.1, 0.15) is 0 Å². The summed E-state index contributed by atoms with van der Waals surface area (Å²) in [4.78, 5) is 19.9. The highest BCUT2D eigenvalue weighted by Crippen LogP contribution is 2.38. The molecule has 1 aromatic heterocycles. The van der Waals surface area contributed by atoms with Crippen LogP contribution in [0.3, 0.4) is 0 Å². The van der Waals surface area contributed by atoms with E-state index in [0.29, 0.717) is 5.13 Å². The number of carbonyl (C=O) groups excluding carboxylic acids is 1. The predicted octanol–water partition coefficient (Wildman–Crippen LogP) is 0.187. The van der Waals surface area contributed by atoms with Crippen molar-refractivity contribution in [3.8, 4) is 0 Å². The molecule has 1 aliphatic heterocycles. The number of hydrogen-bond acceptors (Lipinski definition) is 5. The van der Waals surface area contributed by atoms with E-state index in [-0.39, 0.29) is 11.8 Å². The lowest BCUT2D eigenvalue weighted by Gasteiger charge is -2.29. The molecular formula is C11H16N4OS. The van der Waals surface area contributed by atoms with Gasteiger partial charge in [-0.25, -0.2) is 4.98 Å². The molecule has 5 nitrogen and oxygen atoms in total. The minimum Gasteiger partial charge on any atom is -0.375 e. The summed E-state index contributed by atoms with van der Waals surface area (Å²) in [5.74, 6) is 0.187. The number of nitrogen functional groups attached to an aromatic ring is 1. The standard InChI is InChI=1S/C11H16N4OS/c12-11-14-9-7(1-2-8(9)17-11)10(16)15-5-3-13-4-6-15/h7,13H,1-6H2,(H2,12,14). The topological polar surface area (TPSA) is 71.2 Å². The van der Waals surface area contributed by atoms with Crippen molar-refractivity contribution in [2.24, 2.45) is 0 Å². The average molecular weight is 252 g/mol. The number of thiazole rings is 1. The maximum absolute atomic E-state index is 12.4. The molecule has 1 fully saturated rings. The van der Waals surface area contributed by atoms with Gasteiger partial charge in [0, 0.05) is 31.1 Å². The number of nitrogens with two attached hydrogens (primary N) is 1. The maximum atomic E-state index is 12.4. The molecule has 1 saturated heterocycles. The molecule has 1 amide bonds. The molecule has 3 rings (SSSR count). The van der Waals surface area contributed by atoms with Crippen molar-refractivity contribution in [1.82, 2.24) is 15.2 Å². The first-order chi connectivity index (χ1) is 8.25. The second kappa shape index (κ2) is 4.27. The second-order valence-electron chi connectivity index (χ2n) is 4.53. The van der Waals surface area contributed by atoms with Gasteiger partial charge >= 0.3 is 0 Å². The Kier molecular flexibility index (Phi) is 2.76. The van der Waals surface area contributed by atoms with E-state index in [0.717, 1.165) is 44.7 Å². The van der Waals surface area contributed by atoms with E-state index >= 15 is 0 Å². The third-order valence-electron chi connectivity index (χ3n) is 3.46. The van der Waals surface area contributed by atoms with Gasteiger partial charge in [-0.3, -0.25) is 4.79 Å². The number of aromatic nitrogens is 1. The molecule has 3 N–H and O–H groups in total. The third kappa shape index (κ3) is 1.91. The highest BCUT2D eigenvalue weighted by Gasteiger charge is 2.35. The first-order valence-corrected chi connectivity index (χ1v) is 6.82. The van der Waals surface area contributed by atoms with Gasteiger partial charge < -0.3 is 16.0 Å². The summed E-state index contributed by atoms with van der Waals surface area (Å²) in [7, 11) is 0. The van der Waals surface area contributed by atoms with Gasteiger partial charge in [0.25, 0.3) is 0 Å². The molecule has 0 aromatic carbocycles. The van der Waals surface area contributed by atoms with Crippen molar-refractivity contribution in [2.75, 3.05) is 31.9 Å². The number of hydrogen-bond donors (Lipinski definition) is 2. The summed E-state index contributed by atoms with van der Waals surface area (Å²) in [5, 5.41) is 3.85. The third-order valence-corrected chi connectivity index (χ3v) is 4.42. The first kappa shape index (κ1) is 11.0. The van der Waals surface area contributed by atoms with Crippen LogP contribution in [0.4, 0.5) is 5.13 Å². The molecule has 1 aliphatic carbocycles. The number of piperazine rings is 1. The highest BCUT2D eigenvalue weighted by atomic mass is 32.1. The molecular weight excluding hydrogens is 236 g/mol. The molecule has 0 saturated carbocycles. The van der Waals surface area contributed by atoms with E-state index in [1.807, 2.05) is 4.90 Å². The lowest BCUT2D eigenvalue weighted by atomic mass is 10.1. The van der Waals surface area contributed by atoms with Crippen LogP contribution in [0.5, 0.6) is 0 Å². The second-order valence-corrected chi connectivity index (χ2v) is 5.64. The number of aryl methyl sites for hydroxylation is 1. The number of carbonyl (C=O) groups is 1. The molecule has 6 heteroatoms. The summed E-state index contributed by atoms with van der Waals surface area (Å²) in [6.45, 7) is 3.41.